The molecule has 0 bridgehead atoms. The van der Waals surface area contributed by atoms with Gasteiger partial charge in [-0.15, -0.1) is 8.19 Å². The van der Waals surface area contributed by atoms with Gasteiger partial charge < -0.3 is 0 Å². The van der Waals surface area contributed by atoms with Crippen molar-refractivity contribution in [3.8, 4) is 0 Å². The number of nitrogens with zero attached hydrogens (tertiary/aromatic N) is 1. The van der Waals surface area contributed by atoms with Crippen molar-refractivity contribution in [3.05, 3.63) is 47.8 Å². The Bertz CT molecular complexity index is 509. The van der Waals surface area contributed by atoms with Crippen LogP contribution in [0.25, 0.3) is 0 Å². The Labute approximate surface area is 106 Å². The summed E-state index contributed by atoms with van der Waals surface area (Å²) in [7, 11) is -0.286. The van der Waals surface area contributed by atoms with Gasteiger partial charge in [0.05, 0.1) is 13.8 Å². The standard InChI is InChI=1S/C14H18NPSi/c1-17(2,3)14-10-9-13(16-14)11-15-12-7-5-4-6-8-12/h4-11,16H,1-3H3. The molecular weight excluding hydrogens is 241 g/mol. The predicted molar refractivity (Wildman–Crippen MR) is 82.6 cm³/mol. The monoisotopic (exact) mass is 259 g/mol. The van der Waals surface area contributed by atoms with Gasteiger partial charge in [0.15, 0.2) is 0 Å². The van der Waals surface area contributed by atoms with Gasteiger partial charge in [-0.05, 0) is 23.1 Å². The fraction of sp³-hybridized carbons (Fsp3) is 0.214. The second-order valence-corrected chi connectivity index (χ2v) is 12.1. The third-order valence-electron chi connectivity index (χ3n) is 2.63. The Hall–Kier alpha value is -1.11. The second kappa shape index (κ2) is 5.03. The van der Waals surface area contributed by atoms with Gasteiger partial charge >= 0.3 is 0 Å². The van der Waals surface area contributed by atoms with E-state index in [2.05, 4.69) is 36.8 Å². The van der Waals surface area contributed by atoms with E-state index in [1.807, 2.05) is 36.5 Å². The SMILES string of the molecule is C[Si](C)(C)c1ccc(C=Nc2ccccc2)[pH]1. The molecular formula is C14H18NPSi. The summed E-state index contributed by atoms with van der Waals surface area (Å²) in [6.07, 6.45) is 2.01. The largest absolute Gasteiger partial charge is 0.256 e. The van der Waals surface area contributed by atoms with Gasteiger partial charge in [-0.2, -0.15) is 0 Å². The first-order valence-electron chi connectivity index (χ1n) is 5.84. The molecule has 3 heteroatoms. The normalized spacial score (nSPS) is 12.6. The Morgan fingerprint density at radius 1 is 1.00 bits per heavy atom. The molecule has 2 rings (SSSR count). The summed E-state index contributed by atoms with van der Waals surface area (Å²) in [5, 5.41) is 1.35. The lowest BCUT2D eigenvalue weighted by molar-refractivity contribution is 1.54. The molecule has 0 spiro atoms. The van der Waals surface area contributed by atoms with Gasteiger partial charge in [0.2, 0.25) is 0 Å². The molecule has 1 aromatic heterocycles. The maximum atomic E-state index is 4.50. The molecule has 0 aliphatic rings. The van der Waals surface area contributed by atoms with Crippen LogP contribution in [-0.4, -0.2) is 14.3 Å². The van der Waals surface area contributed by atoms with E-state index in [0.717, 1.165) is 13.9 Å². The maximum absolute atomic E-state index is 4.50. The molecule has 1 aromatic carbocycles. The summed E-state index contributed by atoms with van der Waals surface area (Å²) in [5.74, 6) is 0. The third kappa shape index (κ3) is 3.42. The summed E-state index contributed by atoms with van der Waals surface area (Å²) in [5.41, 5.74) is 1.03. The summed E-state index contributed by atoms with van der Waals surface area (Å²) < 4.78 is 0. The molecule has 1 heterocycles. The maximum Gasteiger partial charge on any atom is 0.0823 e. The molecule has 2 aromatic rings. The lowest BCUT2D eigenvalue weighted by Gasteiger charge is -2.13. The first-order valence-corrected chi connectivity index (χ1v) is 10.3. The average Bonchev–Trinajstić information content (AvgIpc) is 2.76. The molecule has 0 radical (unpaired) electrons. The summed E-state index contributed by atoms with van der Waals surface area (Å²) in [6, 6.07) is 14.6. The minimum absolute atomic E-state index is 0.829. The van der Waals surface area contributed by atoms with Gasteiger partial charge in [-0.25, -0.2) is 0 Å². The fourth-order valence-electron chi connectivity index (χ4n) is 1.58. The lowest BCUT2D eigenvalue weighted by Crippen LogP contribution is -2.34. The smallest absolute Gasteiger partial charge is 0.0823 e. The molecule has 1 unspecified atom stereocenters. The van der Waals surface area contributed by atoms with E-state index in [1.165, 1.54) is 5.30 Å². The molecule has 0 N–H and O–H groups in total. The first-order chi connectivity index (χ1) is 8.05. The topological polar surface area (TPSA) is 12.4 Å². The minimum Gasteiger partial charge on any atom is -0.256 e. The van der Waals surface area contributed by atoms with Crippen LogP contribution in [0.4, 0.5) is 5.69 Å². The molecule has 1 atom stereocenters. The van der Waals surface area contributed by atoms with Gasteiger partial charge in [-0.3, -0.25) is 4.99 Å². The predicted octanol–water partition coefficient (Wildman–Crippen LogP) is 4.01. The van der Waals surface area contributed by atoms with Crippen molar-refractivity contribution < 1.29 is 0 Å². The fourth-order valence-corrected chi connectivity index (χ4v) is 4.87. The van der Waals surface area contributed by atoms with Gasteiger partial charge in [0, 0.05) is 11.5 Å². The number of benzene rings is 1. The highest BCUT2D eigenvalue weighted by Gasteiger charge is 2.16. The number of para-hydroxylation sites is 1. The van der Waals surface area contributed by atoms with Crippen LogP contribution < -0.4 is 4.92 Å². The van der Waals surface area contributed by atoms with Crippen LogP contribution in [0.3, 0.4) is 0 Å². The molecule has 0 aliphatic carbocycles. The average molecular weight is 259 g/mol. The molecule has 1 nitrogen and oxygen atoms in total. The van der Waals surface area contributed by atoms with Crippen molar-refractivity contribution in [2.75, 3.05) is 0 Å². The Kier molecular flexibility index (Phi) is 3.65. The van der Waals surface area contributed by atoms with Crippen molar-refractivity contribution in [1.82, 2.24) is 0 Å². The van der Waals surface area contributed by atoms with Crippen LogP contribution in [0.5, 0.6) is 0 Å². The molecule has 0 saturated heterocycles. The summed E-state index contributed by atoms with van der Waals surface area (Å²) in [6.45, 7) is 7.20. The number of rotatable bonds is 3. The van der Waals surface area contributed by atoms with Crippen LogP contribution >= 0.6 is 8.19 Å². The zero-order valence-corrected chi connectivity index (χ0v) is 12.6. The van der Waals surface area contributed by atoms with Crippen LogP contribution in [0.15, 0.2) is 47.5 Å². The highest BCUT2D eigenvalue weighted by molar-refractivity contribution is 7.43. The van der Waals surface area contributed by atoms with Crippen LogP contribution in [0.2, 0.25) is 19.6 Å². The van der Waals surface area contributed by atoms with Gasteiger partial charge in [-0.1, -0.05) is 43.9 Å². The zero-order chi connectivity index (χ0) is 12.3. The lowest BCUT2D eigenvalue weighted by atomic mass is 10.3. The van der Waals surface area contributed by atoms with Crippen LogP contribution in [-0.2, 0) is 0 Å². The van der Waals surface area contributed by atoms with Crippen molar-refractivity contribution in [1.29, 1.82) is 0 Å². The van der Waals surface area contributed by atoms with Crippen molar-refractivity contribution in [2.24, 2.45) is 4.99 Å². The Balaban J connectivity index is 2.15. The molecule has 0 amide bonds. The van der Waals surface area contributed by atoms with E-state index in [-0.39, 0.29) is 0 Å². The van der Waals surface area contributed by atoms with E-state index in [1.54, 1.807) is 4.92 Å². The van der Waals surface area contributed by atoms with Crippen molar-refractivity contribution in [2.45, 2.75) is 19.6 Å². The molecule has 17 heavy (non-hydrogen) atoms. The van der Waals surface area contributed by atoms with Gasteiger partial charge in [0.25, 0.3) is 0 Å². The molecule has 88 valence electrons. The molecule has 0 fully saturated rings. The Morgan fingerprint density at radius 3 is 2.29 bits per heavy atom. The number of hydrogen-bond acceptors (Lipinski definition) is 1. The zero-order valence-electron chi connectivity index (χ0n) is 10.6. The van der Waals surface area contributed by atoms with E-state index < -0.39 is 8.07 Å². The van der Waals surface area contributed by atoms with Gasteiger partial charge in [0.1, 0.15) is 0 Å². The highest BCUT2D eigenvalue weighted by atomic mass is 31.0. The van der Waals surface area contributed by atoms with Crippen molar-refractivity contribution in [3.63, 3.8) is 0 Å². The van der Waals surface area contributed by atoms with E-state index >= 15 is 0 Å². The molecule has 0 aliphatic heterocycles. The second-order valence-electron chi connectivity index (χ2n) is 5.17. The summed E-state index contributed by atoms with van der Waals surface area (Å²) in [4.78, 5) is 6.15. The Morgan fingerprint density at radius 2 is 1.71 bits per heavy atom. The van der Waals surface area contributed by atoms with E-state index in [0.29, 0.717) is 0 Å². The third-order valence-corrected chi connectivity index (χ3v) is 8.05. The number of hydrogen-bond donors (Lipinski definition) is 0. The van der Waals surface area contributed by atoms with Crippen molar-refractivity contribution >= 4 is 33.1 Å². The highest BCUT2D eigenvalue weighted by Crippen LogP contribution is 2.18. The molecule has 0 saturated carbocycles. The first kappa shape index (κ1) is 12.3. The van der Waals surface area contributed by atoms with E-state index in [9.17, 15) is 0 Å². The van der Waals surface area contributed by atoms with E-state index in [4.69, 9.17) is 0 Å². The number of aliphatic imine (C=N–C) groups is 1. The minimum atomic E-state index is -1.11. The van der Waals surface area contributed by atoms with Crippen LogP contribution in [0, 0.1) is 0 Å². The summed E-state index contributed by atoms with van der Waals surface area (Å²) >= 11 is 0. The quantitative estimate of drug-likeness (QED) is 0.583. The van der Waals surface area contributed by atoms with Crippen LogP contribution in [0.1, 0.15) is 5.30 Å².